The minimum atomic E-state index is -0.0502. The van der Waals surface area contributed by atoms with Gasteiger partial charge in [0.1, 0.15) is 5.82 Å². The molecule has 1 aromatic heterocycles. The molecule has 2 aliphatic heterocycles. The highest BCUT2D eigenvalue weighted by Crippen LogP contribution is 2.31. The minimum Gasteiger partial charge on any atom is -0.493 e. The highest BCUT2D eigenvalue weighted by Gasteiger charge is 2.22. The molecule has 0 bridgehead atoms. The van der Waals surface area contributed by atoms with Crippen molar-refractivity contribution in [1.82, 2.24) is 20.2 Å². The molecule has 3 aliphatic rings. The third kappa shape index (κ3) is 6.04. The number of anilines is 3. The van der Waals surface area contributed by atoms with Gasteiger partial charge in [0.15, 0.2) is 11.5 Å². The predicted octanol–water partition coefficient (Wildman–Crippen LogP) is 3.43. The van der Waals surface area contributed by atoms with Gasteiger partial charge in [0, 0.05) is 37.1 Å². The summed E-state index contributed by atoms with van der Waals surface area (Å²) in [5, 5.41) is 9.47. The Morgan fingerprint density at radius 3 is 2.92 bits per heavy atom. The van der Waals surface area contributed by atoms with Crippen molar-refractivity contribution in [1.29, 1.82) is 0 Å². The lowest BCUT2D eigenvalue weighted by molar-refractivity contribution is -0.116. The summed E-state index contributed by atoms with van der Waals surface area (Å²) in [6.45, 7) is 4.68. The number of fused-ring (bicyclic) bond motifs is 1. The number of nitrogens with zero attached hydrogens (tertiary/aromatic N) is 3. The average molecular weight is 489 g/mol. The monoisotopic (exact) mass is 488 g/mol. The number of carbonyl (C=O) groups is 1. The Kier molecular flexibility index (Phi) is 7.47. The molecule has 2 aromatic rings. The van der Waals surface area contributed by atoms with E-state index in [9.17, 15) is 4.79 Å². The van der Waals surface area contributed by atoms with Gasteiger partial charge in [0.05, 0.1) is 19.8 Å². The molecule has 3 heterocycles. The van der Waals surface area contributed by atoms with Gasteiger partial charge < -0.3 is 30.3 Å². The summed E-state index contributed by atoms with van der Waals surface area (Å²) in [6.07, 6.45) is 13.0. The van der Waals surface area contributed by atoms with Crippen molar-refractivity contribution in [3.63, 3.8) is 0 Å². The van der Waals surface area contributed by atoms with Crippen LogP contribution < -0.4 is 25.4 Å². The standard InChI is InChI=1S/C27H32N6O3/c1-35-23-8-6-21(17-24(23)36-14-4-13-33-11-2-3-12-33)30-27-28-10-9-25(32-27)29-18-19-5-7-22-20(15-19)16-26(34)31-22/h5-10,15-17,22H,2-4,11-14,18H2,1H3,(H,31,34)(H2,28,29,30,32). The van der Waals surface area contributed by atoms with Crippen molar-refractivity contribution < 1.29 is 14.3 Å². The van der Waals surface area contributed by atoms with Crippen molar-refractivity contribution in [2.75, 3.05) is 50.5 Å². The summed E-state index contributed by atoms with van der Waals surface area (Å²) in [7, 11) is 1.65. The summed E-state index contributed by atoms with van der Waals surface area (Å²) in [5.74, 6) is 2.52. The molecular weight excluding hydrogens is 456 g/mol. The summed E-state index contributed by atoms with van der Waals surface area (Å²) >= 11 is 0. The van der Waals surface area contributed by atoms with Crippen molar-refractivity contribution in [3.05, 3.63) is 65.9 Å². The fourth-order valence-electron chi connectivity index (χ4n) is 4.58. The fraction of sp³-hybridized carbons (Fsp3) is 0.370. The maximum Gasteiger partial charge on any atom is 0.245 e. The van der Waals surface area contributed by atoms with Crippen molar-refractivity contribution in [3.8, 4) is 11.5 Å². The van der Waals surface area contributed by atoms with E-state index in [4.69, 9.17) is 9.47 Å². The summed E-state index contributed by atoms with van der Waals surface area (Å²) < 4.78 is 11.5. The molecular formula is C27H32N6O3. The molecule has 1 fully saturated rings. The van der Waals surface area contributed by atoms with E-state index in [0.29, 0.717) is 36.4 Å². The largest absolute Gasteiger partial charge is 0.493 e. The van der Waals surface area contributed by atoms with Crippen LogP contribution in [0.5, 0.6) is 11.5 Å². The molecule has 5 rings (SSSR count). The van der Waals surface area contributed by atoms with Crippen LogP contribution in [0.4, 0.5) is 17.5 Å². The Morgan fingerprint density at radius 2 is 2.06 bits per heavy atom. The molecule has 1 atom stereocenters. The lowest BCUT2D eigenvalue weighted by atomic mass is 9.99. The van der Waals surface area contributed by atoms with Crippen LogP contribution in [0.15, 0.2) is 65.9 Å². The number of ether oxygens (including phenoxy) is 2. The highest BCUT2D eigenvalue weighted by atomic mass is 16.5. The molecule has 1 aliphatic carbocycles. The van der Waals surface area contributed by atoms with E-state index in [1.807, 2.05) is 42.5 Å². The number of methoxy groups -OCH3 is 1. The van der Waals surface area contributed by atoms with Gasteiger partial charge >= 0.3 is 0 Å². The van der Waals surface area contributed by atoms with Crippen molar-refractivity contribution in [2.24, 2.45) is 0 Å². The molecule has 0 spiro atoms. The van der Waals surface area contributed by atoms with E-state index in [-0.39, 0.29) is 11.9 Å². The zero-order valence-electron chi connectivity index (χ0n) is 20.5. The zero-order valence-corrected chi connectivity index (χ0v) is 20.5. The van der Waals surface area contributed by atoms with Crippen LogP contribution in [-0.2, 0) is 4.79 Å². The number of benzene rings is 1. The molecule has 0 saturated carbocycles. The SMILES string of the molecule is COc1ccc(Nc2nccc(NCC3=CC4=CC(=O)NC4C=C3)n2)cc1OCCCN1CCCC1. The van der Waals surface area contributed by atoms with Crippen LogP contribution in [0.1, 0.15) is 19.3 Å². The maximum absolute atomic E-state index is 11.5. The number of hydrogen-bond donors (Lipinski definition) is 3. The van der Waals surface area contributed by atoms with Crippen molar-refractivity contribution in [2.45, 2.75) is 25.3 Å². The second-order valence-electron chi connectivity index (χ2n) is 9.07. The maximum atomic E-state index is 11.5. The topological polar surface area (TPSA) is 101 Å². The lowest BCUT2D eigenvalue weighted by Crippen LogP contribution is -2.27. The Morgan fingerprint density at radius 1 is 1.17 bits per heavy atom. The number of amides is 1. The first-order chi connectivity index (χ1) is 17.7. The van der Waals surface area contributed by atoms with E-state index in [1.165, 1.54) is 25.9 Å². The van der Waals surface area contributed by atoms with Gasteiger partial charge in [-0.2, -0.15) is 4.98 Å². The van der Waals surface area contributed by atoms with Crippen LogP contribution in [0.2, 0.25) is 0 Å². The van der Waals surface area contributed by atoms with Gasteiger partial charge in [0.2, 0.25) is 11.9 Å². The van der Waals surface area contributed by atoms with Gasteiger partial charge in [-0.3, -0.25) is 4.79 Å². The van der Waals surface area contributed by atoms with Gasteiger partial charge in [-0.15, -0.1) is 0 Å². The summed E-state index contributed by atoms with van der Waals surface area (Å²) in [4.78, 5) is 23.0. The van der Waals surface area contributed by atoms with E-state index in [2.05, 4.69) is 30.8 Å². The normalized spacial score (nSPS) is 18.8. The first-order valence-electron chi connectivity index (χ1n) is 12.4. The molecule has 1 saturated heterocycles. The number of hydrogen-bond acceptors (Lipinski definition) is 8. The number of nitrogens with one attached hydrogen (secondary N) is 3. The molecule has 188 valence electrons. The van der Waals surface area contributed by atoms with Crippen LogP contribution in [-0.4, -0.2) is 66.7 Å². The molecule has 36 heavy (non-hydrogen) atoms. The van der Waals surface area contributed by atoms with Gasteiger partial charge in [0.25, 0.3) is 0 Å². The predicted molar refractivity (Wildman–Crippen MR) is 140 cm³/mol. The van der Waals surface area contributed by atoms with Crippen LogP contribution in [0.3, 0.4) is 0 Å². The molecule has 3 N–H and O–H groups in total. The molecule has 0 radical (unpaired) electrons. The number of likely N-dealkylation sites (tertiary alicyclic amines) is 1. The summed E-state index contributed by atoms with van der Waals surface area (Å²) in [5.41, 5.74) is 2.87. The number of aromatic nitrogens is 2. The van der Waals surface area contributed by atoms with E-state index in [1.54, 1.807) is 19.4 Å². The zero-order chi connectivity index (χ0) is 24.7. The third-order valence-electron chi connectivity index (χ3n) is 6.43. The van der Waals surface area contributed by atoms with Crippen LogP contribution >= 0.6 is 0 Å². The van der Waals surface area contributed by atoms with Crippen LogP contribution in [0.25, 0.3) is 0 Å². The highest BCUT2D eigenvalue weighted by molar-refractivity contribution is 5.93. The minimum absolute atomic E-state index is 0.0143. The lowest BCUT2D eigenvalue weighted by Gasteiger charge is -2.16. The molecule has 9 heteroatoms. The second-order valence-corrected chi connectivity index (χ2v) is 9.07. The Hall–Kier alpha value is -3.85. The summed E-state index contributed by atoms with van der Waals surface area (Å²) in [6, 6.07) is 7.52. The molecule has 1 amide bonds. The van der Waals surface area contributed by atoms with Crippen molar-refractivity contribution >= 4 is 23.4 Å². The fourth-order valence-corrected chi connectivity index (χ4v) is 4.58. The average Bonchev–Trinajstić information content (AvgIpc) is 3.54. The smallest absolute Gasteiger partial charge is 0.245 e. The molecule has 9 nitrogen and oxygen atoms in total. The molecule has 1 aromatic carbocycles. The Bertz CT molecular complexity index is 1190. The molecule has 1 unspecified atom stereocenters. The van der Waals surface area contributed by atoms with Gasteiger partial charge in [-0.25, -0.2) is 4.98 Å². The second kappa shape index (κ2) is 11.3. The first kappa shape index (κ1) is 23.9. The van der Waals surface area contributed by atoms with Gasteiger partial charge in [-0.05, 0) is 61.7 Å². The van der Waals surface area contributed by atoms with E-state index in [0.717, 1.165) is 29.8 Å². The Labute approximate surface area is 211 Å². The van der Waals surface area contributed by atoms with E-state index >= 15 is 0 Å². The Balaban J connectivity index is 1.17. The number of rotatable bonds is 11. The van der Waals surface area contributed by atoms with E-state index < -0.39 is 0 Å². The van der Waals surface area contributed by atoms with Crippen LogP contribution in [0, 0.1) is 0 Å². The quantitative estimate of drug-likeness (QED) is 0.414. The first-order valence-corrected chi connectivity index (χ1v) is 12.4. The van der Waals surface area contributed by atoms with Gasteiger partial charge in [-0.1, -0.05) is 18.2 Å². The number of carbonyl (C=O) groups excluding carboxylic acids is 1. The third-order valence-corrected chi connectivity index (χ3v) is 6.43.